The Hall–Kier alpha value is -0.780. The van der Waals surface area contributed by atoms with Crippen LogP contribution in [-0.4, -0.2) is 24.0 Å². The van der Waals surface area contributed by atoms with Gasteiger partial charge in [0.2, 0.25) is 0 Å². The molecule has 1 heterocycles. The zero-order valence-electron chi connectivity index (χ0n) is 10.00. The first kappa shape index (κ1) is 15.3. The van der Waals surface area contributed by atoms with Crippen LogP contribution in [0, 0.1) is 23.4 Å². The standard InChI is InChI=1S/C12H15F3N2.ClH/c1-7-4-17(6-12(7)16)5-8-2-10(14)11(15)3-9(8)13;/h2-3,7,12H,4-6,16H2,1H3;1H. The Labute approximate surface area is 110 Å². The minimum absolute atomic E-state index is 0. The summed E-state index contributed by atoms with van der Waals surface area (Å²) in [5, 5.41) is 0. The smallest absolute Gasteiger partial charge is 0.161 e. The van der Waals surface area contributed by atoms with E-state index in [1.807, 2.05) is 11.8 Å². The molecular formula is C12H16ClF3N2. The Bertz CT molecular complexity index is 418. The van der Waals surface area contributed by atoms with Gasteiger partial charge >= 0.3 is 0 Å². The molecule has 1 fully saturated rings. The summed E-state index contributed by atoms with van der Waals surface area (Å²) < 4.78 is 39.2. The van der Waals surface area contributed by atoms with Crippen LogP contribution < -0.4 is 5.73 Å². The van der Waals surface area contributed by atoms with E-state index in [2.05, 4.69) is 0 Å². The Morgan fingerprint density at radius 3 is 2.33 bits per heavy atom. The maximum Gasteiger partial charge on any atom is 0.161 e. The number of benzene rings is 1. The molecule has 1 aliphatic heterocycles. The molecule has 2 N–H and O–H groups in total. The summed E-state index contributed by atoms with van der Waals surface area (Å²) in [6.45, 7) is 3.69. The quantitative estimate of drug-likeness (QED) is 0.843. The van der Waals surface area contributed by atoms with Gasteiger partial charge in [0.05, 0.1) is 0 Å². The Balaban J connectivity index is 0.00000162. The molecule has 1 aliphatic rings. The molecule has 2 atom stereocenters. The number of hydrogen-bond donors (Lipinski definition) is 1. The van der Waals surface area contributed by atoms with Crippen molar-refractivity contribution in [3.8, 4) is 0 Å². The van der Waals surface area contributed by atoms with Crippen LogP contribution in [0.4, 0.5) is 13.2 Å². The van der Waals surface area contributed by atoms with Gasteiger partial charge in [0.1, 0.15) is 5.82 Å². The van der Waals surface area contributed by atoms with E-state index in [0.717, 1.165) is 12.6 Å². The van der Waals surface area contributed by atoms with Gasteiger partial charge in [-0.05, 0) is 12.0 Å². The predicted octanol–water partition coefficient (Wildman–Crippen LogP) is 2.30. The van der Waals surface area contributed by atoms with Crippen LogP contribution in [0.15, 0.2) is 12.1 Å². The molecule has 102 valence electrons. The molecule has 6 heteroatoms. The van der Waals surface area contributed by atoms with Crippen LogP contribution in [0.5, 0.6) is 0 Å². The largest absolute Gasteiger partial charge is 0.326 e. The lowest BCUT2D eigenvalue weighted by atomic mass is 10.1. The zero-order chi connectivity index (χ0) is 12.6. The number of nitrogens with zero attached hydrogens (tertiary/aromatic N) is 1. The Morgan fingerprint density at radius 1 is 1.17 bits per heavy atom. The Kier molecular flexibility index (Phi) is 5.01. The summed E-state index contributed by atoms with van der Waals surface area (Å²) >= 11 is 0. The second-order valence-corrected chi connectivity index (χ2v) is 4.69. The van der Waals surface area contributed by atoms with Gasteiger partial charge in [-0.25, -0.2) is 13.2 Å². The fourth-order valence-electron chi connectivity index (χ4n) is 2.15. The maximum atomic E-state index is 13.4. The van der Waals surface area contributed by atoms with Crippen LogP contribution in [0.1, 0.15) is 12.5 Å². The lowest BCUT2D eigenvalue weighted by molar-refractivity contribution is 0.312. The molecule has 2 nitrogen and oxygen atoms in total. The fraction of sp³-hybridized carbons (Fsp3) is 0.500. The zero-order valence-corrected chi connectivity index (χ0v) is 10.8. The van der Waals surface area contributed by atoms with Gasteiger partial charge in [-0.1, -0.05) is 6.92 Å². The van der Waals surface area contributed by atoms with Crippen molar-refractivity contribution in [2.75, 3.05) is 13.1 Å². The van der Waals surface area contributed by atoms with Crippen molar-refractivity contribution >= 4 is 12.4 Å². The third-order valence-electron chi connectivity index (χ3n) is 3.23. The monoisotopic (exact) mass is 280 g/mol. The van der Waals surface area contributed by atoms with Gasteiger partial charge in [0.15, 0.2) is 11.6 Å². The molecule has 0 bridgehead atoms. The van der Waals surface area contributed by atoms with Crippen LogP contribution in [0.3, 0.4) is 0 Å². The van der Waals surface area contributed by atoms with E-state index in [0.29, 0.717) is 18.5 Å². The van der Waals surface area contributed by atoms with E-state index in [4.69, 9.17) is 5.73 Å². The van der Waals surface area contributed by atoms with Crippen LogP contribution >= 0.6 is 12.4 Å². The highest BCUT2D eigenvalue weighted by Crippen LogP contribution is 2.20. The first-order chi connectivity index (χ1) is 7.97. The normalized spacial score (nSPS) is 24.1. The maximum absolute atomic E-state index is 13.4. The highest BCUT2D eigenvalue weighted by atomic mass is 35.5. The third-order valence-corrected chi connectivity index (χ3v) is 3.23. The van der Waals surface area contributed by atoms with Gasteiger partial charge in [-0.15, -0.1) is 12.4 Å². The van der Waals surface area contributed by atoms with Gasteiger partial charge in [-0.2, -0.15) is 0 Å². The average molecular weight is 281 g/mol. The predicted molar refractivity (Wildman–Crippen MR) is 66.0 cm³/mol. The molecule has 1 aromatic carbocycles. The van der Waals surface area contributed by atoms with Crippen molar-refractivity contribution in [3.63, 3.8) is 0 Å². The number of likely N-dealkylation sites (tertiary alicyclic amines) is 1. The Morgan fingerprint density at radius 2 is 1.78 bits per heavy atom. The first-order valence-corrected chi connectivity index (χ1v) is 5.58. The SMILES string of the molecule is CC1CN(Cc2cc(F)c(F)cc2F)CC1N.Cl. The van der Waals surface area contributed by atoms with Crippen molar-refractivity contribution in [1.82, 2.24) is 4.90 Å². The summed E-state index contributed by atoms with van der Waals surface area (Å²) in [5.74, 6) is -2.55. The second-order valence-electron chi connectivity index (χ2n) is 4.69. The van der Waals surface area contributed by atoms with E-state index >= 15 is 0 Å². The second kappa shape index (κ2) is 5.91. The van der Waals surface area contributed by atoms with E-state index in [-0.39, 0.29) is 30.6 Å². The molecule has 0 radical (unpaired) electrons. The number of nitrogens with two attached hydrogens (primary N) is 1. The summed E-state index contributed by atoms with van der Waals surface area (Å²) in [6.07, 6.45) is 0. The van der Waals surface area contributed by atoms with Gasteiger partial charge < -0.3 is 5.73 Å². The summed E-state index contributed by atoms with van der Waals surface area (Å²) in [6, 6.07) is 1.56. The number of rotatable bonds is 2. The van der Waals surface area contributed by atoms with E-state index < -0.39 is 17.5 Å². The molecule has 0 saturated carbocycles. The molecule has 1 aromatic rings. The lowest BCUT2D eigenvalue weighted by Gasteiger charge is -2.15. The van der Waals surface area contributed by atoms with Crippen molar-refractivity contribution < 1.29 is 13.2 Å². The summed E-state index contributed by atoms with van der Waals surface area (Å²) in [7, 11) is 0. The van der Waals surface area contributed by atoms with Crippen LogP contribution in [0.2, 0.25) is 0 Å². The summed E-state index contributed by atoms with van der Waals surface area (Å²) in [5.41, 5.74) is 6.02. The highest BCUT2D eigenvalue weighted by molar-refractivity contribution is 5.85. The molecular weight excluding hydrogens is 265 g/mol. The van der Waals surface area contributed by atoms with Crippen LogP contribution in [-0.2, 0) is 6.54 Å². The van der Waals surface area contributed by atoms with Crippen molar-refractivity contribution in [1.29, 1.82) is 0 Å². The molecule has 2 rings (SSSR count). The molecule has 0 aromatic heterocycles. The van der Waals surface area contributed by atoms with Gasteiger partial charge in [0.25, 0.3) is 0 Å². The van der Waals surface area contributed by atoms with Crippen molar-refractivity contribution in [2.24, 2.45) is 11.7 Å². The first-order valence-electron chi connectivity index (χ1n) is 5.58. The van der Waals surface area contributed by atoms with Gasteiger partial charge in [0, 0.05) is 37.3 Å². The number of halogens is 4. The molecule has 0 amide bonds. The van der Waals surface area contributed by atoms with Crippen LogP contribution in [0.25, 0.3) is 0 Å². The highest BCUT2D eigenvalue weighted by Gasteiger charge is 2.27. The van der Waals surface area contributed by atoms with Gasteiger partial charge in [-0.3, -0.25) is 4.90 Å². The molecule has 0 aliphatic carbocycles. The van der Waals surface area contributed by atoms with Crippen molar-refractivity contribution in [3.05, 3.63) is 35.1 Å². The van der Waals surface area contributed by atoms with E-state index in [1.54, 1.807) is 0 Å². The van der Waals surface area contributed by atoms with E-state index in [9.17, 15) is 13.2 Å². The number of hydrogen-bond acceptors (Lipinski definition) is 2. The third kappa shape index (κ3) is 3.16. The fourth-order valence-corrected chi connectivity index (χ4v) is 2.15. The molecule has 1 saturated heterocycles. The minimum atomic E-state index is -1.15. The molecule has 2 unspecified atom stereocenters. The van der Waals surface area contributed by atoms with E-state index in [1.165, 1.54) is 0 Å². The summed E-state index contributed by atoms with van der Waals surface area (Å²) in [4.78, 5) is 1.95. The van der Waals surface area contributed by atoms with Crippen molar-refractivity contribution in [2.45, 2.75) is 19.5 Å². The topological polar surface area (TPSA) is 29.3 Å². The lowest BCUT2D eigenvalue weighted by Crippen LogP contribution is -2.28. The molecule has 18 heavy (non-hydrogen) atoms. The minimum Gasteiger partial charge on any atom is -0.326 e. The average Bonchev–Trinajstić information content (AvgIpc) is 2.55. The molecule has 0 spiro atoms.